The summed E-state index contributed by atoms with van der Waals surface area (Å²) in [5.41, 5.74) is 2.53. The summed E-state index contributed by atoms with van der Waals surface area (Å²) in [4.78, 5) is 39.0. The predicted octanol–water partition coefficient (Wildman–Crippen LogP) is 3.70. The number of hydrogen-bond acceptors (Lipinski definition) is 5. The summed E-state index contributed by atoms with van der Waals surface area (Å²) in [6.45, 7) is 0. The van der Waals surface area contributed by atoms with Crippen molar-refractivity contribution in [3.63, 3.8) is 0 Å². The fraction of sp³-hybridized carbons (Fsp3) is 0.130. The summed E-state index contributed by atoms with van der Waals surface area (Å²) < 4.78 is 5.80. The van der Waals surface area contributed by atoms with Crippen LogP contribution in [0.15, 0.2) is 65.1 Å². The number of para-hydroxylation sites is 2. The molecule has 8 heteroatoms. The number of oxazole rings is 1. The topological polar surface area (TPSA) is 130 Å². The van der Waals surface area contributed by atoms with E-state index in [2.05, 4.69) is 10.3 Å². The van der Waals surface area contributed by atoms with Gasteiger partial charge in [-0.3, -0.25) is 9.59 Å². The largest absolute Gasteiger partial charge is 0.481 e. The van der Waals surface area contributed by atoms with E-state index in [1.165, 1.54) is 0 Å². The lowest BCUT2D eigenvalue weighted by molar-refractivity contribution is -0.140. The lowest BCUT2D eigenvalue weighted by Crippen LogP contribution is -2.41. The summed E-state index contributed by atoms with van der Waals surface area (Å²) in [6.07, 6.45) is -0.550. The second-order valence-corrected chi connectivity index (χ2v) is 7.06. The number of carbonyl (C=O) groups excluding carboxylic acids is 1. The van der Waals surface area contributed by atoms with Crippen LogP contribution < -0.4 is 5.32 Å². The number of carbonyl (C=O) groups is 3. The molecule has 156 valence electrons. The van der Waals surface area contributed by atoms with Crippen molar-refractivity contribution in [3.05, 3.63) is 66.2 Å². The van der Waals surface area contributed by atoms with E-state index in [1.54, 1.807) is 18.2 Å². The average Bonchev–Trinajstić information content (AvgIpc) is 3.19. The Morgan fingerprint density at radius 3 is 2.45 bits per heavy atom. The maximum absolute atomic E-state index is 12.5. The fourth-order valence-corrected chi connectivity index (χ4v) is 3.28. The van der Waals surface area contributed by atoms with Crippen molar-refractivity contribution in [1.29, 1.82) is 0 Å². The van der Waals surface area contributed by atoms with Gasteiger partial charge in [-0.05, 0) is 53.6 Å². The molecule has 4 rings (SSSR count). The number of rotatable bonds is 7. The predicted molar refractivity (Wildman–Crippen MR) is 113 cm³/mol. The Hall–Kier alpha value is -4.20. The molecular weight excluding hydrogens is 400 g/mol. The quantitative estimate of drug-likeness (QED) is 0.417. The second kappa shape index (κ2) is 8.27. The number of aliphatic carboxylic acids is 2. The molecule has 1 heterocycles. The van der Waals surface area contributed by atoms with Gasteiger partial charge in [-0.2, -0.15) is 0 Å². The van der Waals surface area contributed by atoms with E-state index in [4.69, 9.17) is 9.52 Å². The van der Waals surface area contributed by atoms with Crippen LogP contribution in [0.3, 0.4) is 0 Å². The Bertz CT molecular complexity index is 1280. The van der Waals surface area contributed by atoms with Gasteiger partial charge in [-0.15, -0.1) is 0 Å². The lowest BCUT2D eigenvalue weighted by atomic mass is 10.0. The molecule has 1 amide bonds. The maximum Gasteiger partial charge on any atom is 0.326 e. The van der Waals surface area contributed by atoms with Crippen LogP contribution in [0, 0.1) is 0 Å². The number of aromatic nitrogens is 1. The number of hydrogen-bond donors (Lipinski definition) is 3. The van der Waals surface area contributed by atoms with Gasteiger partial charge < -0.3 is 19.9 Å². The minimum absolute atomic E-state index is 0.197. The van der Waals surface area contributed by atoms with Gasteiger partial charge in [0.15, 0.2) is 5.58 Å². The van der Waals surface area contributed by atoms with E-state index in [9.17, 15) is 19.5 Å². The number of fused-ring (bicyclic) bond motifs is 2. The van der Waals surface area contributed by atoms with Crippen LogP contribution in [0.4, 0.5) is 0 Å². The molecule has 0 fully saturated rings. The van der Waals surface area contributed by atoms with Crippen LogP contribution in [-0.2, 0) is 9.59 Å². The van der Waals surface area contributed by atoms with Crippen LogP contribution in [0.2, 0.25) is 0 Å². The lowest BCUT2D eigenvalue weighted by Gasteiger charge is -2.14. The molecular formula is C23H18N2O6. The number of carboxylic acids is 2. The van der Waals surface area contributed by atoms with Crippen molar-refractivity contribution in [3.8, 4) is 11.5 Å². The minimum Gasteiger partial charge on any atom is -0.481 e. The number of amides is 1. The molecule has 0 spiro atoms. The van der Waals surface area contributed by atoms with E-state index >= 15 is 0 Å². The second-order valence-electron chi connectivity index (χ2n) is 7.06. The highest BCUT2D eigenvalue weighted by Crippen LogP contribution is 2.27. The highest BCUT2D eigenvalue weighted by Gasteiger charge is 2.21. The van der Waals surface area contributed by atoms with Crippen LogP contribution in [0.25, 0.3) is 33.3 Å². The maximum atomic E-state index is 12.5. The standard InChI is InChI=1S/C23H18N2O6/c26-20(27)10-9-18(23(29)30)24-21(28)15-7-5-14-12-16(8-6-13(14)11-15)22-25-17-3-1-2-4-19(17)31-22/h1-8,11-12,18H,9-10H2,(H,24,28)(H,26,27)(H,29,30). The van der Waals surface area contributed by atoms with Crippen LogP contribution >= 0.6 is 0 Å². The van der Waals surface area contributed by atoms with E-state index in [1.807, 2.05) is 42.5 Å². The first kappa shape index (κ1) is 20.1. The summed E-state index contributed by atoms with van der Waals surface area (Å²) >= 11 is 0. The molecule has 4 aromatic rings. The molecule has 0 aliphatic carbocycles. The smallest absolute Gasteiger partial charge is 0.326 e. The third-order valence-corrected chi connectivity index (χ3v) is 4.89. The number of carboxylic acid groups (broad SMARTS) is 2. The SMILES string of the molecule is O=C(O)CCC(NC(=O)c1ccc2cc(-c3nc4ccccc4o3)ccc2c1)C(=O)O. The first-order valence-electron chi connectivity index (χ1n) is 9.56. The summed E-state index contributed by atoms with van der Waals surface area (Å²) in [5, 5.41) is 22.0. The van der Waals surface area contributed by atoms with E-state index < -0.39 is 23.9 Å². The van der Waals surface area contributed by atoms with Gasteiger partial charge in [0.2, 0.25) is 5.89 Å². The highest BCUT2D eigenvalue weighted by atomic mass is 16.4. The molecule has 0 aliphatic rings. The van der Waals surface area contributed by atoms with Gasteiger partial charge in [0.1, 0.15) is 11.6 Å². The summed E-state index contributed by atoms with van der Waals surface area (Å²) in [7, 11) is 0. The number of benzene rings is 3. The van der Waals surface area contributed by atoms with E-state index in [-0.39, 0.29) is 18.4 Å². The van der Waals surface area contributed by atoms with Gasteiger partial charge >= 0.3 is 11.9 Å². The fourth-order valence-electron chi connectivity index (χ4n) is 3.28. The van der Waals surface area contributed by atoms with Crippen LogP contribution in [-0.4, -0.2) is 39.1 Å². The molecule has 0 saturated carbocycles. The summed E-state index contributed by atoms with van der Waals surface area (Å²) in [6, 6.07) is 16.8. The zero-order valence-corrected chi connectivity index (χ0v) is 16.2. The monoisotopic (exact) mass is 418 g/mol. The van der Waals surface area contributed by atoms with Crippen molar-refractivity contribution in [2.75, 3.05) is 0 Å². The van der Waals surface area contributed by atoms with Crippen molar-refractivity contribution in [1.82, 2.24) is 10.3 Å². The van der Waals surface area contributed by atoms with Gasteiger partial charge in [-0.1, -0.05) is 24.3 Å². The Morgan fingerprint density at radius 1 is 0.968 bits per heavy atom. The Morgan fingerprint density at radius 2 is 1.71 bits per heavy atom. The zero-order valence-electron chi connectivity index (χ0n) is 16.2. The van der Waals surface area contributed by atoms with Crippen molar-refractivity contribution in [2.45, 2.75) is 18.9 Å². The molecule has 31 heavy (non-hydrogen) atoms. The molecule has 0 aliphatic heterocycles. The molecule has 0 bridgehead atoms. The van der Waals surface area contributed by atoms with Crippen molar-refractivity contribution in [2.24, 2.45) is 0 Å². The molecule has 0 saturated heterocycles. The van der Waals surface area contributed by atoms with E-state index in [0.29, 0.717) is 11.5 Å². The Labute approximate surface area is 176 Å². The molecule has 1 aromatic heterocycles. The molecule has 1 unspecified atom stereocenters. The molecule has 3 N–H and O–H groups in total. The molecule has 3 aromatic carbocycles. The van der Waals surface area contributed by atoms with Crippen molar-refractivity contribution < 1.29 is 29.0 Å². The first-order valence-corrected chi connectivity index (χ1v) is 9.56. The van der Waals surface area contributed by atoms with Gasteiger partial charge in [0, 0.05) is 17.5 Å². The van der Waals surface area contributed by atoms with Crippen LogP contribution in [0.1, 0.15) is 23.2 Å². The first-order chi connectivity index (χ1) is 14.9. The molecule has 0 radical (unpaired) electrons. The molecule has 1 atom stereocenters. The Balaban J connectivity index is 1.56. The third-order valence-electron chi connectivity index (χ3n) is 4.89. The summed E-state index contributed by atoms with van der Waals surface area (Å²) in [5.74, 6) is -2.49. The Kier molecular flexibility index (Phi) is 5.36. The minimum atomic E-state index is -1.28. The normalized spacial score (nSPS) is 12.0. The highest BCUT2D eigenvalue weighted by molar-refractivity contribution is 6.00. The van der Waals surface area contributed by atoms with Gasteiger partial charge in [-0.25, -0.2) is 9.78 Å². The zero-order chi connectivity index (χ0) is 22.0. The van der Waals surface area contributed by atoms with Crippen molar-refractivity contribution >= 4 is 39.7 Å². The average molecular weight is 418 g/mol. The number of nitrogens with zero attached hydrogens (tertiary/aromatic N) is 1. The van der Waals surface area contributed by atoms with Gasteiger partial charge in [0.05, 0.1) is 0 Å². The van der Waals surface area contributed by atoms with Gasteiger partial charge in [0.25, 0.3) is 5.91 Å². The van der Waals surface area contributed by atoms with E-state index in [0.717, 1.165) is 21.9 Å². The molecule has 8 nitrogen and oxygen atoms in total. The van der Waals surface area contributed by atoms with Crippen LogP contribution in [0.5, 0.6) is 0 Å². The number of nitrogens with one attached hydrogen (secondary N) is 1. The third kappa shape index (κ3) is 4.37.